The molecule has 208 valence electrons. The summed E-state index contributed by atoms with van der Waals surface area (Å²) in [6.45, 7) is -0.242. The van der Waals surface area contributed by atoms with Crippen molar-refractivity contribution in [3.63, 3.8) is 0 Å². The van der Waals surface area contributed by atoms with Gasteiger partial charge in [-0.25, -0.2) is 22.9 Å². The monoisotopic (exact) mass is 624 g/mol. The molecule has 12 nitrogen and oxygen atoms in total. The minimum absolute atomic E-state index is 0.0252. The highest BCUT2D eigenvalue weighted by Gasteiger charge is 2.34. The minimum Gasteiger partial charge on any atom is -0.476 e. The molecule has 4 rings (SSSR count). The molecule has 3 amide bonds. The van der Waals surface area contributed by atoms with Crippen LogP contribution in [0.4, 0.5) is 10.2 Å². The molecule has 1 unspecified atom stereocenters. The van der Waals surface area contributed by atoms with Gasteiger partial charge in [-0.15, -0.1) is 0 Å². The summed E-state index contributed by atoms with van der Waals surface area (Å²) in [5.74, 6) is -2.09. The molecular weight excluding hydrogens is 599 g/mol. The lowest BCUT2D eigenvalue weighted by atomic mass is 10.1. The average molecular weight is 625 g/mol. The summed E-state index contributed by atoms with van der Waals surface area (Å²) in [7, 11) is -3.90. The number of alkyl halides is 1. The second kappa shape index (κ2) is 11.7. The van der Waals surface area contributed by atoms with Crippen LogP contribution in [0.5, 0.6) is 5.75 Å². The Balaban J connectivity index is 1.60. The summed E-state index contributed by atoms with van der Waals surface area (Å²) in [6, 6.07) is 8.47. The normalized spacial score (nSPS) is 18.0. The second-order valence-electron chi connectivity index (χ2n) is 9.04. The number of fused-ring (bicyclic) bond motifs is 1. The highest BCUT2D eigenvalue weighted by molar-refractivity contribution is 9.10. The van der Waals surface area contributed by atoms with E-state index in [4.69, 9.17) is 15.6 Å². The van der Waals surface area contributed by atoms with E-state index in [9.17, 15) is 27.2 Å². The van der Waals surface area contributed by atoms with Gasteiger partial charge in [0.2, 0.25) is 27.8 Å². The third-order valence-corrected chi connectivity index (χ3v) is 7.10. The molecule has 3 heterocycles. The maximum absolute atomic E-state index is 14.3. The number of likely N-dealkylation sites (tertiary alicyclic amines) is 1. The van der Waals surface area contributed by atoms with E-state index in [1.807, 2.05) is 0 Å². The van der Waals surface area contributed by atoms with Crippen molar-refractivity contribution in [1.29, 1.82) is 0 Å². The number of ether oxygens (including phenoxy) is 1. The molecule has 1 aliphatic heterocycles. The Kier molecular flexibility index (Phi) is 8.51. The maximum atomic E-state index is 14.3. The number of hydrogen-bond donors (Lipinski definition) is 3. The van der Waals surface area contributed by atoms with Crippen molar-refractivity contribution in [1.82, 2.24) is 14.5 Å². The van der Waals surface area contributed by atoms with Crippen LogP contribution >= 0.6 is 15.9 Å². The zero-order valence-electron chi connectivity index (χ0n) is 20.5. The van der Waals surface area contributed by atoms with E-state index in [0.29, 0.717) is 15.5 Å². The number of benzene rings is 1. The lowest BCUT2D eigenvalue weighted by Gasteiger charge is -2.29. The molecule has 0 radical (unpaired) electrons. The summed E-state index contributed by atoms with van der Waals surface area (Å²) >= 11 is 3.24. The minimum atomic E-state index is -3.90. The molecule has 1 fully saturated rings. The van der Waals surface area contributed by atoms with Crippen LogP contribution in [0.15, 0.2) is 47.2 Å². The van der Waals surface area contributed by atoms with Gasteiger partial charge in [-0.2, -0.15) is 0 Å². The van der Waals surface area contributed by atoms with Crippen molar-refractivity contribution < 1.29 is 31.9 Å². The standard InChI is InChI=1S/C24H26BrFN6O6S/c25-20-2-1-3-21(29-20)30-24(35)19-6-4-14(26)8-9-32(19)22(33)12-31-11-17(23(27)34)16-10-15(5-7-18(16)31)38-13-39(28,36)37/h1-3,5,7,10-11,14,19H,4,6,8-9,12-13H2,(H2,27,34)(H2,28,36,37)(H,29,30,35)/t14?,19-/m0/s1. The molecule has 0 bridgehead atoms. The van der Waals surface area contributed by atoms with Gasteiger partial charge >= 0.3 is 0 Å². The van der Waals surface area contributed by atoms with Gasteiger partial charge in [0.05, 0.1) is 5.56 Å². The summed E-state index contributed by atoms with van der Waals surface area (Å²) in [6.07, 6.45) is 0.551. The fourth-order valence-corrected chi connectivity index (χ4v) is 5.06. The van der Waals surface area contributed by atoms with Crippen LogP contribution in [0.25, 0.3) is 10.9 Å². The number of anilines is 1. The first-order valence-corrected chi connectivity index (χ1v) is 14.3. The Morgan fingerprint density at radius 1 is 1.18 bits per heavy atom. The Labute approximate surface area is 231 Å². The van der Waals surface area contributed by atoms with E-state index in [-0.39, 0.29) is 49.5 Å². The van der Waals surface area contributed by atoms with Crippen LogP contribution in [0.3, 0.4) is 0 Å². The fraction of sp³-hybridized carbons (Fsp3) is 0.333. The zero-order valence-corrected chi connectivity index (χ0v) is 23.0. The predicted octanol–water partition coefficient (Wildman–Crippen LogP) is 1.88. The van der Waals surface area contributed by atoms with E-state index in [1.54, 1.807) is 18.2 Å². The molecule has 2 atom stereocenters. The number of primary amides is 1. The van der Waals surface area contributed by atoms with Gasteiger partial charge in [-0.1, -0.05) is 6.07 Å². The highest BCUT2D eigenvalue weighted by Crippen LogP contribution is 2.27. The number of aromatic nitrogens is 2. The van der Waals surface area contributed by atoms with Crippen molar-refractivity contribution in [3.8, 4) is 5.75 Å². The smallest absolute Gasteiger partial charge is 0.250 e. The van der Waals surface area contributed by atoms with E-state index < -0.39 is 45.9 Å². The lowest BCUT2D eigenvalue weighted by molar-refractivity contribution is -0.139. The Morgan fingerprint density at radius 2 is 1.95 bits per heavy atom. The zero-order chi connectivity index (χ0) is 28.3. The number of rotatable bonds is 8. The molecule has 2 aromatic heterocycles. The van der Waals surface area contributed by atoms with Crippen molar-refractivity contribution in [2.45, 2.75) is 38.0 Å². The summed E-state index contributed by atoms with van der Waals surface area (Å²) in [5.41, 5.74) is 6.05. The van der Waals surface area contributed by atoms with Gasteiger partial charge in [-0.3, -0.25) is 14.4 Å². The molecule has 0 aliphatic carbocycles. The van der Waals surface area contributed by atoms with E-state index in [1.165, 1.54) is 33.9 Å². The van der Waals surface area contributed by atoms with E-state index >= 15 is 0 Å². The SMILES string of the molecule is NC(=O)c1cn(CC(=O)N2CCC(F)CC[C@H]2C(=O)Nc2cccc(Br)n2)c2ccc(OCS(N)(=O)=O)cc12. The molecular formula is C24H26BrFN6O6S. The Hall–Kier alpha value is -3.56. The first-order chi connectivity index (χ1) is 18.4. The van der Waals surface area contributed by atoms with E-state index in [0.717, 1.165) is 0 Å². The number of pyridine rings is 1. The first kappa shape index (κ1) is 28.4. The number of sulfonamides is 1. The van der Waals surface area contributed by atoms with Crippen molar-refractivity contribution in [3.05, 3.63) is 52.8 Å². The molecule has 3 aromatic rings. The molecule has 15 heteroatoms. The molecule has 1 aromatic carbocycles. The topological polar surface area (TPSA) is 180 Å². The van der Waals surface area contributed by atoms with Gasteiger partial charge in [0.25, 0.3) is 5.91 Å². The number of halogens is 2. The second-order valence-corrected chi connectivity index (χ2v) is 11.4. The molecule has 1 aliphatic rings. The van der Waals surface area contributed by atoms with Crippen molar-refractivity contribution in [2.75, 3.05) is 17.8 Å². The molecule has 0 saturated carbocycles. The van der Waals surface area contributed by atoms with Gasteiger partial charge < -0.3 is 25.3 Å². The van der Waals surface area contributed by atoms with Crippen LogP contribution in [0.2, 0.25) is 0 Å². The largest absolute Gasteiger partial charge is 0.476 e. The van der Waals surface area contributed by atoms with Crippen LogP contribution in [0.1, 0.15) is 29.6 Å². The van der Waals surface area contributed by atoms with Crippen LogP contribution in [-0.4, -0.2) is 65.3 Å². The number of carbonyl (C=O) groups excluding carboxylic acids is 3. The first-order valence-electron chi connectivity index (χ1n) is 11.8. The highest BCUT2D eigenvalue weighted by atomic mass is 79.9. The summed E-state index contributed by atoms with van der Waals surface area (Å²) in [4.78, 5) is 44.3. The Morgan fingerprint density at radius 3 is 2.64 bits per heavy atom. The van der Waals surface area contributed by atoms with Crippen molar-refractivity contribution in [2.24, 2.45) is 10.9 Å². The maximum Gasteiger partial charge on any atom is 0.250 e. The number of nitrogens with two attached hydrogens (primary N) is 2. The molecule has 5 N–H and O–H groups in total. The van der Waals surface area contributed by atoms with Crippen LogP contribution in [0, 0.1) is 0 Å². The lowest BCUT2D eigenvalue weighted by Crippen LogP contribution is -2.48. The van der Waals surface area contributed by atoms with Gasteiger partial charge in [0.1, 0.15) is 34.9 Å². The number of carbonyl (C=O) groups is 3. The molecule has 0 spiro atoms. The van der Waals surface area contributed by atoms with Crippen LogP contribution < -0.4 is 20.9 Å². The molecule has 1 saturated heterocycles. The Bertz CT molecular complexity index is 1530. The number of nitrogens with zero attached hydrogens (tertiary/aromatic N) is 3. The van der Waals surface area contributed by atoms with Gasteiger partial charge in [-0.05, 0) is 65.5 Å². The number of primary sulfonamides is 1. The van der Waals surface area contributed by atoms with E-state index in [2.05, 4.69) is 26.2 Å². The number of nitrogens with one attached hydrogen (secondary N) is 1. The summed E-state index contributed by atoms with van der Waals surface area (Å²) in [5, 5.41) is 8.00. The van der Waals surface area contributed by atoms with Crippen molar-refractivity contribution >= 4 is 60.4 Å². The third kappa shape index (κ3) is 7.10. The quantitative estimate of drug-likeness (QED) is 0.320. The fourth-order valence-electron chi connectivity index (χ4n) is 4.41. The summed E-state index contributed by atoms with van der Waals surface area (Å²) < 4.78 is 43.9. The number of amides is 3. The van der Waals surface area contributed by atoms with Gasteiger partial charge in [0.15, 0.2) is 0 Å². The number of hydrogen-bond acceptors (Lipinski definition) is 7. The average Bonchev–Trinajstić information content (AvgIpc) is 3.09. The molecule has 39 heavy (non-hydrogen) atoms. The van der Waals surface area contributed by atoms with Crippen LogP contribution in [-0.2, 0) is 26.2 Å². The predicted molar refractivity (Wildman–Crippen MR) is 144 cm³/mol. The van der Waals surface area contributed by atoms with Gasteiger partial charge in [0, 0.05) is 23.6 Å². The third-order valence-electron chi connectivity index (χ3n) is 6.22.